The van der Waals surface area contributed by atoms with Gasteiger partial charge < -0.3 is 10.0 Å². The first-order chi connectivity index (χ1) is 6.79. The Labute approximate surface area is 97.3 Å². The molecule has 0 aliphatic carbocycles. The number of anilines is 1. The summed E-state index contributed by atoms with van der Waals surface area (Å²) in [6, 6.07) is 4.11. The molecule has 0 spiro atoms. The van der Waals surface area contributed by atoms with E-state index in [0.717, 1.165) is 28.9 Å². The van der Waals surface area contributed by atoms with Gasteiger partial charge in [-0.05, 0) is 41.1 Å². The zero-order valence-electron chi connectivity index (χ0n) is 7.86. The fraction of sp³-hybridized carbons (Fsp3) is 0.500. The van der Waals surface area contributed by atoms with Crippen LogP contribution in [0.2, 0.25) is 0 Å². The number of hydrogen-bond acceptors (Lipinski definition) is 3. The fourth-order valence-electron chi connectivity index (χ4n) is 1.74. The molecule has 2 heterocycles. The molecule has 0 radical (unpaired) electrons. The summed E-state index contributed by atoms with van der Waals surface area (Å²) >= 11 is 2.25. The molecule has 1 fully saturated rings. The molecule has 3 nitrogen and oxygen atoms in total. The summed E-state index contributed by atoms with van der Waals surface area (Å²) in [5.41, 5.74) is 0. The van der Waals surface area contributed by atoms with Crippen molar-refractivity contribution in [2.45, 2.75) is 6.42 Å². The van der Waals surface area contributed by atoms with Crippen molar-refractivity contribution in [3.63, 3.8) is 0 Å². The van der Waals surface area contributed by atoms with Crippen LogP contribution in [0.5, 0.6) is 0 Å². The minimum atomic E-state index is 0.293. The third kappa shape index (κ3) is 2.17. The second kappa shape index (κ2) is 4.44. The maximum atomic E-state index is 9.03. The lowest BCUT2D eigenvalue weighted by Crippen LogP contribution is -2.21. The fourth-order valence-corrected chi connectivity index (χ4v) is 2.06. The summed E-state index contributed by atoms with van der Waals surface area (Å²) in [7, 11) is 0. The number of hydrogen-bond donors (Lipinski definition) is 1. The Morgan fingerprint density at radius 3 is 3.00 bits per heavy atom. The van der Waals surface area contributed by atoms with Crippen LogP contribution in [0, 0.1) is 9.49 Å². The van der Waals surface area contributed by atoms with Gasteiger partial charge in [0.25, 0.3) is 0 Å². The molecule has 76 valence electrons. The summed E-state index contributed by atoms with van der Waals surface area (Å²) in [5, 5.41) is 9.03. The Morgan fingerprint density at radius 2 is 2.43 bits per heavy atom. The first-order valence-electron chi connectivity index (χ1n) is 4.77. The largest absolute Gasteiger partial charge is 0.396 e. The van der Waals surface area contributed by atoms with E-state index in [1.807, 2.05) is 12.3 Å². The highest BCUT2D eigenvalue weighted by Gasteiger charge is 2.22. The molecular formula is C10H13IN2O. The maximum absolute atomic E-state index is 9.03. The molecular weight excluding hydrogens is 291 g/mol. The molecule has 2 rings (SSSR count). The van der Waals surface area contributed by atoms with Crippen LogP contribution in [0.25, 0.3) is 0 Å². The molecule has 0 amide bonds. The number of aliphatic hydroxyl groups excluding tert-OH is 1. The molecule has 0 aromatic carbocycles. The normalized spacial score (nSPS) is 21.6. The minimum Gasteiger partial charge on any atom is -0.396 e. The number of nitrogens with zero attached hydrogens (tertiary/aromatic N) is 2. The molecule has 0 bridgehead atoms. The number of rotatable bonds is 2. The summed E-state index contributed by atoms with van der Waals surface area (Å²) in [6.45, 7) is 2.24. The SMILES string of the molecule is OC[C@@H]1CCN(c2ccc(I)cn2)C1. The highest BCUT2D eigenvalue weighted by molar-refractivity contribution is 14.1. The zero-order chi connectivity index (χ0) is 9.97. The van der Waals surface area contributed by atoms with Crippen LogP contribution in [-0.2, 0) is 0 Å². The van der Waals surface area contributed by atoms with Crippen molar-refractivity contribution in [1.29, 1.82) is 0 Å². The van der Waals surface area contributed by atoms with E-state index < -0.39 is 0 Å². The molecule has 1 atom stereocenters. The van der Waals surface area contributed by atoms with Crippen molar-refractivity contribution in [2.24, 2.45) is 5.92 Å². The summed E-state index contributed by atoms with van der Waals surface area (Å²) < 4.78 is 1.16. The first kappa shape index (κ1) is 10.2. The Morgan fingerprint density at radius 1 is 1.57 bits per heavy atom. The molecule has 1 saturated heterocycles. The van der Waals surface area contributed by atoms with E-state index in [-0.39, 0.29) is 0 Å². The van der Waals surface area contributed by atoms with Crippen LogP contribution in [-0.4, -0.2) is 29.8 Å². The van der Waals surface area contributed by atoms with Crippen LogP contribution in [0.15, 0.2) is 18.3 Å². The average Bonchev–Trinajstić information content (AvgIpc) is 2.67. The van der Waals surface area contributed by atoms with E-state index in [2.05, 4.69) is 38.5 Å². The van der Waals surface area contributed by atoms with Crippen LogP contribution in [0.1, 0.15) is 6.42 Å². The lowest BCUT2D eigenvalue weighted by Gasteiger charge is -2.16. The molecule has 1 aliphatic rings. The maximum Gasteiger partial charge on any atom is 0.128 e. The Kier molecular flexibility index (Phi) is 3.22. The van der Waals surface area contributed by atoms with E-state index in [0.29, 0.717) is 12.5 Å². The number of pyridine rings is 1. The second-order valence-corrected chi connectivity index (χ2v) is 4.86. The summed E-state index contributed by atoms with van der Waals surface area (Å²) in [4.78, 5) is 6.60. The zero-order valence-corrected chi connectivity index (χ0v) is 10.0. The van der Waals surface area contributed by atoms with Crippen molar-refractivity contribution in [3.8, 4) is 0 Å². The predicted molar refractivity (Wildman–Crippen MR) is 64.4 cm³/mol. The Balaban J connectivity index is 2.06. The summed E-state index contributed by atoms with van der Waals surface area (Å²) in [6.07, 6.45) is 2.95. The second-order valence-electron chi connectivity index (χ2n) is 3.62. The van der Waals surface area contributed by atoms with E-state index in [1.54, 1.807) is 0 Å². The monoisotopic (exact) mass is 304 g/mol. The van der Waals surface area contributed by atoms with Crippen LogP contribution in [0.3, 0.4) is 0 Å². The molecule has 0 saturated carbocycles. The quantitative estimate of drug-likeness (QED) is 0.841. The predicted octanol–water partition coefficient (Wildman–Crippen LogP) is 1.50. The van der Waals surface area contributed by atoms with Gasteiger partial charge in [-0.25, -0.2) is 4.98 Å². The third-order valence-electron chi connectivity index (χ3n) is 2.58. The number of aliphatic hydroxyl groups is 1. The topological polar surface area (TPSA) is 36.4 Å². The van der Waals surface area contributed by atoms with Gasteiger partial charge in [-0.3, -0.25) is 0 Å². The van der Waals surface area contributed by atoms with Crippen LogP contribution >= 0.6 is 22.6 Å². The lowest BCUT2D eigenvalue weighted by atomic mass is 10.1. The van der Waals surface area contributed by atoms with Crippen molar-refractivity contribution in [3.05, 3.63) is 21.9 Å². The van der Waals surface area contributed by atoms with Gasteiger partial charge in [-0.1, -0.05) is 0 Å². The molecule has 4 heteroatoms. The smallest absolute Gasteiger partial charge is 0.128 e. The van der Waals surface area contributed by atoms with Gasteiger partial charge >= 0.3 is 0 Å². The molecule has 1 aliphatic heterocycles. The van der Waals surface area contributed by atoms with Crippen molar-refractivity contribution in [2.75, 3.05) is 24.6 Å². The van der Waals surface area contributed by atoms with Gasteiger partial charge in [0.1, 0.15) is 5.82 Å². The number of halogens is 1. The van der Waals surface area contributed by atoms with Crippen molar-refractivity contribution < 1.29 is 5.11 Å². The molecule has 1 aromatic heterocycles. The Bertz CT molecular complexity index is 301. The molecule has 14 heavy (non-hydrogen) atoms. The van der Waals surface area contributed by atoms with E-state index in [1.165, 1.54) is 0 Å². The van der Waals surface area contributed by atoms with Gasteiger partial charge in [0.05, 0.1) is 0 Å². The van der Waals surface area contributed by atoms with Gasteiger partial charge in [0.15, 0.2) is 0 Å². The minimum absolute atomic E-state index is 0.293. The van der Waals surface area contributed by atoms with Crippen molar-refractivity contribution >= 4 is 28.4 Å². The number of aromatic nitrogens is 1. The van der Waals surface area contributed by atoms with Crippen LogP contribution < -0.4 is 4.90 Å². The van der Waals surface area contributed by atoms with Gasteiger partial charge in [0.2, 0.25) is 0 Å². The lowest BCUT2D eigenvalue weighted by molar-refractivity contribution is 0.238. The van der Waals surface area contributed by atoms with Gasteiger partial charge in [0, 0.05) is 35.4 Å². The van der Waals surface area contributed by atoms with E-state index >= 15 is 0 Å². The van der Waals surface area contributed by atoms with Gasteiger partial charge in [-0.15, -0.1) is 0 Å². The summed E-state index contributed by atoms with van der Waals surface area (Å²) in [5.74, 6) is 1.46. The molecule has 1 N–H and O–H groups in total. The van der Waals surface area contributed by atoms with Crippen molar-refractivity contribution in [1.82, 2.24) is 4.98 Å². The van der Waals surface area contributed by atoms with Crippen LogP contribution in [0.4, 0.5) is 5.82 Å². The molecule has 0 unspecified atom stereocenters. The highest BCUT2D eigenvalue weighted by Crippen LogP contribution is 2.21. The third-order valence-corrected chi connectivity index (χ3v) is 3.22. The highest BCUT2D eigenvalue weighted by atomic mass is 127. The van der Waals surface area contributed by atoms with Gasteiger partial charge in [-0.2, -0.15) is 0 Å². The molecule has 1 aromatic rings. The van der Waals surface area contributed by atoms with E-state index in [4.69, 9.17) is 5.11 Å². The first-order valence-corrected chi connectivity index (χ1v) is 5.85. The van der Waals surface area contributed by atoms with E-state index in [9.17, 15) is 0 Å². The average molecular weight is 304 g/mol. The Hall–Kier alpha value is -0.360. The standard InChI is InChI=1S/C10H13IN2O/c11-9-1-2-10(12-5-9)13-4-3-8(6-13)7-14/h1-2,5,8,14H,3-4,6-7H2/t8-/m1/s1.